The van der Waals surface area contributed by atoms with Gasteiger partial charge in [-0.25, -0.2) is 4.39 Å². The summed E-state index contributed by atoms with van der Waals surface area (Å²) in [4.78, 5) is 0. The number of nitrogens with two attached hydrogens (primary N) is 1. The molecular formula is C15H24FNO3. The van der Waals surface area contributed by atoms with E-state index in [-0.39, 0.29) is 18.0 Å². The van der Waals surface area contributed by atoms with Crippen molar-refractivity contribution in [1.29, 1.82) is 0 Å². The molecule has 0 aliphatic heterocycles. The van der Waals surface area contributed by atoms with Gasteiger partial charge in [0.25, 0.3) is 0 Å². The molecule has 1 aromatic carbocycles. The van der Waals surface area contributed by atoms with Crippen molar-refractivity contribution in [2.75, 3.05) is 33.5 Å². The fourth-order valence-corrected chi connectivity index (χ4v) is 1.85. The van der Waals surface area contributed by atoms with Crippen molar-refractivity contribution >= 4 is 0 Å². The van der Waals surface area contributed by atoms with Crippen LogP contribution in [0.2, 0.25) is 0 Å². The maximum atomic E-state index is 12.9. The second-order valence-electron chi connectivity index (χ2n) is 4.66. The molecule has 0 aliphatic carbocycles. The van der Waals surface area contributed by atoms with Gasteiger partial charge in [0.1, 0.15) is 5.82 Å². The van der Waals surface area contributed by atoms with Crippen LogP contribution in [0.15, 0.2) is 24.3 Å². The lowest BCUT2D eigenvalue weighted by Gasteiger charge is -2.22. The summed E-state index contributed by atoms with van der Waals surface area (Å²) < 4.78 is 29.0. The van der Waals surface area contributed by atoms with Gasteiger partial charge >= 0.3 is 0 Å². The number of methoxy groups -OCH3 is 1. The van der Waals surface area contributed by atoms with Gasteiger partial charge in [0, 0.05) is 26.4 Å². The standard InChI is InChI=1S/C15H24FNO3/c1-12(17)15(13-4-6-14(16)7-5-13)20-11-10-19-9-3-8-18-2/h4-7,12,15H,3,8-11,17H2,1-2H3. The van der Waals surface area contributed by atoms with Crippen molar-refractivity contribution in [3.63, 3.8) is 0 Å². The molecule has 0 aliphatic rings. The number of hydrogen-bond donors (Lipinski definition) is 1. The molecule has 20 heavy (non-hydrogen) atoms. The normalized spacial score (nSPS) is 14.2. The molecule has 0 amide bonds. The topological polar surface area (TPSA) is 53.7 Å². The van der Waals surface area contributed by atoms with Gasteiger partial charge in [0.2, 0.25) is 0 Å². The molecule has 5 heteroatoms. The lowest BCUT2D eigenvalue weighted by atomic mass is 10.0. The van der Waals surface area contributed by atoms with E-state index in [1.54, 1.807) is 19.2 Å². The molecular weight excluding hydrogens is 261 g/mol. The first-order chi connectivity index (χ1) is 9.65. The van der Waals surface area contributed by atoms with Crippen LogP contribution in [-0.2, 0) is 14.2 Å². The average Bonchev–Trinajstić information content (AvgIpc) is 2.43. The Morgan fingerprint density at radius 3 is 2.40 bits per heavy atom. The third kappa shape index (κ3) is 6.43. The van der Waals surface area contributed by atoms with Crippen LogP contribution in [-0.4, -0.2) is 39.6 Å². The molecule has 1 aromatic rings. The lowest BCUT2D eigenvalue weighted by molar-refractivity contribution is -0.00765. The summed E-state index contributed by atoms with van der Waals surface area (Å²) in [7, 11) is 1.67. The van der Waals surface area contributed by atoms with Crippen LogP contribution in [0.25, 0.3) is 0 Å². The molecule has 0 aromatic heterocycles. The highest BCUT2D eigenvalue weighted by atomic mass is 19.1. The van der Waals surface area contributed by atoms with Gasteiger partial charge in [-0.3, -0.25) is 0 Å². The predicted octanol–water partition coefficient (Wildman–Crippen LogP) is 2.28. The van der Waals surface area contributed by atoms with Crippen molar-refractivity contribution in [3.8, 4) is 0 Å². The monoisotopic (exact) mass is 285 g/mol. The van der Waals surface area contributed by atoms with Crippen LogP contribution in [0.4, 0.5) is 4.39 Å². The molecule has 2 unspecified atom stereocenters. The van der Waals surface area contributed by atoms with E-state index in [2.05, 4.69) is 0 Å². The fraction of sp³-hybridized carbons (Fsp3) is 0.600. The minimum atomic E-state index is -0.265. The predicted molar refractivity (Wildman–Crippen MR) is 76.1 cm³/mol. The van der Waals surface area contributed by atoms with Crippen LogP contribution in [0.5, 0.6) is 0 Å². The van der Waals surface area contributed by atoms with Crippen LogP contribution >= 0.6 is 0 Å². The molecule has 0 heterocycles. The van der Waals surface area contributed by atoms with Crippen molar-refractivity contribution in [2.24, 2.45) is 5.73 Å². The summed E-state index contributed by atoms with van der Waals surface area (Å²) >= 11 is 0. The number of rotatable bonds is 10. The van der Waals surface area contributed by atoms with Gasteiger partial charge in [-0.15, -0.1) is 0 Å². The van der Waals surface area contributed by atoms with Crippen molar-refractivity contribution in [3.05, 3.63) is 35.6 Å². The van der Waals surface area contributed by atoms with Crippen molar-refractivity contribution in [2.45, 2.75) is 25.5 Å². The first kappa shape index (κ1) is 17.0. The highest BCUT2D eigenvalue weighted by molar-refractivity contribution is 5.19. The second kappa shape index (κ2) is 9.83. The average molecular weight is 285 g/mol. The van der Waals surface area contributed by atoms with E-state index < -0.39 is 0 Å². The first-order valence-electron chi connectivity index (χ1n) is 6.84. The Balaban J connectivity index is 2.31. The molecule has 0 fully saturated rings. The van der Waals surface area contributed by atoms with E-state index in [1.165, 1.54) is 12.1 Å². The zero-order valence-corrected chi connectivity index (χ0v) is 12.2. The minimum absolute atomic E-state index is 0.172. The van der Waals surface area contributed by atoms with E-state index in [9.17, 15) is 4.39 Å². The number of benzene rings is 1. The Hall–Kier alpha value is -1.01. The Morgan fingerprint density at radius 2 is 1.80 bits per heavy atom. The van der Waals surface area contributed by atoms with E-state index in [1.807, 2.05) is 6.92 Å². The minimum Gasteiger partial charge on any atom is -0.385 e. The Morgan fingerprint density at radius 1 is 1.10 bits per heavy atom. The SMILES string of the molecule is COCCCOCCOC(c1ccc(F)cc1)C(C)N. The highest BCUT2D eigenvalue weighted by Gasteiger charge is 2.16. The van der Waals surface area contributed by atoms with E-state index in [0.29, 0.717) is 26.4 Å². The van der Waals surface area contributed by atoms with E-state index in [0.717, 1.165) is 12.0 Å². The van der Waals surface area contributed by atoms with Crippen LogP contribution in [0.1, 0.15) is 25.0 Å². The molecule has 0 saturated heterocycles. The molecule has 1 rings (SSSR count). The van der Waals surface area contributed by atoms with E-state index >= 15 is 0 Å². The van der Waals surface area contributed by atoms with Crippen LogP contribution in [0, 0.1) is 5.82 Å². The number of ether oxygens (including phenoxy) is 3. The fourth-order valence-electron chi connectivity index (χ4n) is 1.85. The highest BCUT2D eigenvalue weighted by Crippen LogP contribution is 2.20. The molecule has 0 spiro atoms. The lowest BCUT2D eigenvalue weighted by Crippen LogP contribution is -2.28. The summed E-state index contributed by atoms with van der Waals surface area (Å²) in [6.07, 6.45) is 0.615. The molecule has 114 valence electrons. The third-order valence-electron chi connectivity index (χ3n) is 2.84. The summed E-state index contributed by atoms with van der Waals surface area (Å²) in [5.41, 5.74) is 6.79. The van der Waals surface area contributed by atoms with Gasteiger partial charge < -0.3 is 19.9 Å². The summed E-state index contributed by atoms with van der Waals surface area (Å²) in [5.74, 6) is -0.265. The van der Waals surface area contributed by atoms with Crippen LogP contribution in [0.3, 0.4) is 0 Å². The molecule has 2 N–H and O–H groups in total. The molecule has 0 radical (unpaired) electrons. The summed E-state index contributed by atoms with van der Waals surface area (Å²) in [6, 6.07) is 6.05. The quantitative estimate of drug-likeness (QED) is 0.670. The summed E-state index contributed by atoms with van der Waals surface area (Å²) in [6.45, 7) is 4.17. The zero-order chi connectivity index (χ0) is 14.8. The molecule has 0 saturated carbocycles. The van der Waals surface area contributed by atoms with Gasteiger partial charge in [-0.05, 0) is 31.0 Å². The van der Waals surface area contributed by atoms with Crippen molar-refractivity contribution in [1.82, 2.24) is 0 Å². The van der Waals surface area contributed by atoms with E-state index in [4.69, 9.17) is 19.9 Å². The zero-order valence-electron chi connectivity index (χ0n) is 12.2. The van der Waals surface area contributed by atoms with Gasteiger partial charge in [-0.2, -0.15) is 0 Å². The maximum absolute atomic E-state index is 12.9. The number of halogens is 1. The second-order valence-corrected chi connectivity index (χ2v) is 4.66. The maximum Gasteiger partial charge on any atom is 0.123 e. The van der Waals surface area contributed by atoms with Gasteiger partial charge in [0.15, 0.2) is 0 Å². The van der Waals surface area contributed by atoms with Crippen LogP contribution < -0.4 is 5.73 Å². The van der Waals surface area contributed by atoms with Crippen molar-refractivity contribution < 1.29 is 18.6 Å². The molecule has 4 nitrogen and oxygen atoms in total. The Labute approximate surface area is 120 Å². The first-order valence-corrected chi connectivity index (χ1v) is 6.84. The molecule has 2 atom stereocenters. The smallest absolute Gasteiger partial charge is 0.123 e. The largest absolute Gasteiger partial charge is 0.385 e. The summed E-state index contributed by atoms with van der Waals surface area (Å²) in [5, 5.41) is 0. The third-order valence-corrected chi connectivity index (χ3v) is 2.84. The van der Waals surface area contributed by atoms with Gasteiger partial charge in [-0.1, -0.05) is 12.1 Å². The Kier molecular flexibility index (Phi) is 8.37. The Bertz CT molecular complexity index is 357. The number of hydrogen-bond acceptors (Lipinski definition) is 4. The van der Waals surface area contributed by atoms with Gasteiger partial charge in [0.05, 0.1) is 19.3 Å². The molecule has 0 bridgehead atoms.